The van der Waals surface area contributed by atoms with Crippen LogP contribution < -0.4 is 35.6 Å². The number of benzene rings is 1. The predicted octanol–water partition coefficient (Wildman–Crippen LogP) is 1.06. The van der Waals surface area contributed by atoms with Gasteiger partial charge in [-0.15, -0.1) is 11.3 Å². The summed E-state index contributed by atoms with van der Waals surface area (Å²) in [7, 11) is 1.79. The fourth-order valence-electron chi connectivity index (χ4n) is 3.35. The van der Waals surface area contributed by atoms with E-state index >= 15 is 0 Å². The number of carbonyl (C=O) groups is 2. The summed E-state index contributed by atoms with van der Waals surface area (Å²) in [4.78, 5) is 43.6. The van der Waals surface area contributed by atoms with E-state index in [0.717, 1.165) is 11.3 Å². The number of nitrogens with zero attached hydrogens (tertiary/aromatic N) is 4. The Balaban J connectivity index is 1.80. The number of hydrogen-bond acceptors (Lipinski definition) is 8. The van der Waals surface area contributed by atoms with E-state index in [1.165, 1.54) is 10.8 Å². The van der Waals surface area contributed by atoms with Crippen LogP contribution in [0.5, 0.6) is 0 Å². The van der Waals surface area contributed by atoms with Gasteiger partial charge in [0.25, 0.3) is 11.5 Å². The average molecular weight is 506 g/mol. The first-order chi connectivity index (χ1) is 17.4. The topological polar surface area (TPSA) is 132 Å². The lowest BCUT2D eigenvalue weighted by atomic mass is 10.2. The highest BCUT2D eigenvalue weighted by Gasteiger charge is 2.14. The molecular formula is C25H27N7O3S. The number of thiazole rings is 1. The summed E-state index contributed by atoms with van der Waals surface area (Å²) in [5.41, 5.74) is 0.836. The number of carbonyl (C=O) groups excluding carboxylic acids is 2. The molecule has 2 aromatic heterocycles. The lowest BCUT2D eigenvalue weighted by molar-refractivity contribution is -0.116. The Morgan fingerprint density at radius 2 is 1.97 bits per heavy atom. The lowest BCUT2D eigenvalue weighted by Gasteiger charge is -2.17. The van der Waals surface area contributed by atoms with Crippen LogP contribution in [0.1, 0.15) is 13.8 Å². The molecule has 0 spiro atoms. The van der Waals surface area contributed by atoms with Crippen molar-refractivity contribution in [3.63, 3.8) is 0 Å². The van der Waals surface area contributed by atoms with Crippen molar-refractivity contribution >= 4 is 52.1 Å². The Morgan fingerprint density at radius 3 is 2.64 bits per heavy atom. The summed E-state index contributed by atoms with van der Waals surface area (Å²) in [6.45, 7) is 4.35. The van der Waals surface area contributed by atoms with Crippen LogP contribution in [0, 0.1) is 11.3 Å². The zero-order valence-electron chi connectivity index (χ0n) is 20.2. The van der Waals surface area contributed by atoms with Crippen molar-refractivity contribution < 1.29 is 9.59 Å². The highest BCUT2D eigenvalue weighted by molar-refractivity contribution is 7.07. The molecule has 10 nitrogen and oxygen atoms in total. The van der Waals surface area contributed by atoms with Crippen LogP contribution in [0.3, 0.4) is 0 Å². The lowest BCUT2D eigenvalue weighted by Crippen LogP contribution is -2.34. The van der Waals surface area contributed by atoms with Crippen molar-refractivity contribution in [3.05, 3.63) is 68.2 Å². The molecule has 0 aliphatic carbocycles. The van der Waals surface area contributed by atoms with Crippen molar-refractivity contribution in [1.29, 1.82) is 5.26 Å². The highest BCUT2D eigenvalue weighted by Crippen LogP contribution is 2.15. The minimum atomic E-state index is -0.514. The number of amides is 2. The third-order valence-corrected chi connectivity index (χ3v) is 6.18. The molecule has 3 aromatic rings. The van der Waals surface area contributed by atoms with Gasteiger partial charge in [0, 0.05) is 43.9 Å². The van der Waals surface area contributed by atoms with E-state index in [-0.39, 0.29) is 23.6 Å². The molecule has 0 saturated carbocycles. The number of hydrogen-bond donors (Lipinski definition) is 3. The second-order valence-electron chi connectivity index (χ2n) is 7.63. The summed E-state index contributed by atoms with van der Waals surface area (Å²) < 4.78 is 2.05. The smallest absolute Gasteiger partial charge is 0.270 e. The van der Waals surface area contributed by atoms with Crippen molar-refractivity contribution in [2.24, 2.45) is 0 Å². The number of rotatable bonds is 9. The summed E-state index contributed by atoms with van der Waals surface area (Å²) in [5, 5.41) is 18.0. The van der Waals surface area contributed by atoms with E-state index < -0.39 is 5.91 Å². The maximum Gasteiger partial charge on any atom is 0.270 e. The third-order valence-electron chi connectivity index (χ3n) is 5.05. The number of anilines is 3. The molecule has 186 valence electrons. The number of likely N-dealkylation sites (N-methyl/N-ethyl adjacent to an activating group) is 1. The number of nitrogens with one attached hydrogen (secondary N) is 3. The van der Waals surface area contributed by atoms with Gasteiger partial charge in [-0.3, -0.25) is 19.0 Å². The molecule has 1 aromatic carbocycles. The molecule has 0 radical (unpaired) electrons. The van der Waals surface area contributed by atoms with Crippen LogP contribution in [0.2, 0.25) is 0 Å². The van der Waals surface area contributed by atoms with Crippen LogP contribution in [-0.2, 0) is 16.1 Å². The Bertz CT molecular complexity index is 1460. The van der Waals surface area contributed by atoms with Gasteiger partial charge in [-0.2, -0.15) is 5.26 Å². The maximum atomic E-state index is 12.9. The fourth-order valence-corrected chi connectivity index (χ4v) is 4.44. The Morgan fingerprint density at radius 1 is 1.19 bits per heavy atom. The summed E-state index contributed by atoms with van der Waals surface area (Å²) in [6, 6.07) is 14.5. The summed E-state index contributed by atoms with van der Waals surface area (Å²) in [5.74, 6) is -0.0299. The van der Waals surface area contributed by atoms with Gasteiger partial charge in [0.2, 0.25) is 5.91 Å². The van der Waals surface area contributed by atoms with E-state index in [0.29, 0.717) is 39.5 Å². The number of nitriles is 1. The molecule has 0 bridgehead atoms. The Kier molecular flexibility index (Phi) is 8.96. The van der Waals surface area contributed by atoms with Gasteiger partial charge in [0.1, 0.15) is 21.1 Å². The van der Waals surface area contributed by atoms with Crippen LogP contribution in [0.4, 0.5) is 17.2 Å². The molecule has 0 atom stereocenters. The first kappa shape index (κ1) is 26.2. The normalized spacial score (nSPS) is 11.9. The predicted molar refractivity (Wildman–Crippen MR) is 142 cm³/mol. The largest absolute Gasteiger partial charge is 0.360 e. The van der Waals surface area contributed by atoms with E-state index in [1.807, 2.05) is 24.3 Å². The van der Waals surface area contributed by atoms with Gasteiger partial charge in [-0.05, 0) is 44.2 Å². The SMILES string of the molecule is CCNC(=O)C(C#N)=c1sc(=CNc2cccc(NC(=O)CN(C)c3ccccn3)c2)c(=O)n1CC. The first-order valence-corrected chi connectivity index (χ1v) is 12.1. The number of pyridine rings is 1. The van der Waals surface area contributed by atoms with Crippen LogP contribution in [0.15, 0.2) is 53.5 Å². The van der Waals surface area contributed by atoms with Gasteiger partial charge in [-0.25, -0.2) is 4.98 Å². The molecule has 2 amide bonds. The van der Waals surface area contributed by atoms with Crippen molar-refractivity contribution in [3.8, 4) is 6.07 Å². The first-order valence-electron chi connectivity index (χ1n) is 11.3. The average Bonchev–Trinajstić information content (AvgIpc) is 3.18. The quantitative estimate of drug-likeness (QED) is 0.396. The number of aromatic nitrogens is 2. The van der Waals surface area contributed by atoms with Crippen LogP contribution in [-0.4, -0.2) is 41.5 Å². The van der Waals surface area contributed by atoms with Crippen LogP contribution in [0.25, 0.3) is 11.8 Å². The minimum Gasteiger partial charge on any atom is -0.360 e. The molecule has 2 heterocycles. The van der Waals surface area contributed by atoms with Gasteiger partial charge >= 0.3 is 0 Å². The third kappa shape index (κ3) is 6.37. The highest BCUT2D eigenvalue weighted by atomic mass is 32.1. The van der Waals surface area contributed by atoms with E-state index in [1.54, 1.807) is 56.3 Å². The monoisotopic (exact) mass is 505 g/mol. The molecule has 0 aliphatic heterocycles. The van der Waals surface area contributed by atoms with Gasteiger partial charge in [-0.1, -0.05) is 12.1 Å². The molecule has 3 rings (SSSR count). The Labute approximate surface area is 212 Å². The molecule has 0 saturated heterocycles. The second kappa shape index (κ2) is 12.3. The van der Waals surface area contributed by atoms with Gasteiger partial charge < -0.3 is 20.9 Å². The molecule has 11 heteroatoms. The maximum absolute atomic E-state index is 12.9. The standard InChI is InChI=1S/C25H27N7O3S/c1-4-27-23(34)19(14-26)25-32(5-2)24(35)20(36-25)15-29-17-9-8-10-18(13-17)30-22(33)16-31(3)21-11-6-7-12-28-21/h6-13,15,29H,4-5,16H2,1-3H3,(H,27,34)(H,30,33). The van der Waals surface area contributed by atoms with E-state index in [4.69, 9.17) is 0 Å². The second-order valence-corrected chi connectivity index (χ2v) is 8.66. The molecule has 3 N–H and O–H groups in total. The summed E-state index contributed by atoms with van der Waals surface area (Å²) >= 11 is 1.07. The van der Waals surface area contributed by atoms with E-state index in [9.17, 15) is 19.6 Å². The van der Waals surface area contributed by atoms with Gasteiger partial charge in [0.15, 0.2) is 5.57 Å². The molecule has 36 heavy (non-hydrogen) atoms. The molecule has 0 unspecified atom stereocenters. The fraction of sp³-hybridized carbons (Fsp3) is 0.240. The molecule has 0 fully saturated rings. The zero-order chi connectivity index (χ0) is 26.1. The Hall–Kier alpha value is -4.43. The summed E-state index contributed by atoms with van der Waals surface area (Å²) in [6.07, 6.45) is 3.20. The molecule has 0 aliphatic rings. The van der Waals surface area contributed by atoms with Crippen molar-refractivity contribution in [2.75, 3.05) is 35.7 Å². The van der Waals surface area contributed by atoms with Crippen LogP contribution >= 0.6 is 11.3 Å². The van der Waals surface area contributed by atoms with Crippen molar-refractivity contribution in [1.82, 2.24) is 14.9 Å². The zero-order valence-corrected chi connectivity index (χ0v) is 21.1. The minimum absolute atomic E-state index is 0.0965. The molecular weight excluding hydrogens is 478 g/mol. The van der Waals surface area contributed by atoms with Gasteiger partial charge in [0.05, 0.1) is 6.54 Å². The van der Waals surface area contributed by atoms with Crippen molar-refractivity contribution in [2.45, 2.75) is 20.4 Å². The van der Waals surface area contributed by atoms with E-state index in [2.05, 4.69) is 20.9 Å².